The van der Waals surface area contributed by atoms with Crippen LogP contribution in [0.4, 0.5) is 5.82 Å². The summed E-state index contributed by atoms with van der Waals surface area (Å²) in [6.45, 7) is 3.98. The monoisotopic (exact) mass is 304 g/mol. The summed E-state index contributed by atoms with van der Waals surface area (Å²) >= 11 is 0. The van der Waals surface area contributed by atoms with Gasteiger partial charge in [0, 0.05) is 45.8 Å². The zero-order chi connectivity index (χ0) is 15.7. The van der Waals surface area contributed by atoms with Crippen molar-refractivity contribution in [1.29, 1.82) is 0 Å². The molecule has 120 valence electrons. The van der Waals surface area contributed by atoms with Gasteiger partial charge >= 0.3 is 0 Å². The highest BCUT2D eigenvalue weighted by molar-refractivity contribution is 5.94. The number of pyridine rings is 1. The van der Waals surface area contributed by atoms with Crippen molar-refractivity contribution >= 4 is 11.7 Å². The molecule has 2 saturated heterocycles. The Bertz CT molecular complexity index is 531. The third kappa shape index (κ3) is 3.08. The third-order valence-electron chi connectivity index (χ3n) is 4.37. The summed E-state index contributed by atoms with van der Waals surface area (Å²) in [5.41, 5.74) is 0.654. The van der Waals surface area contributed by atoms with E-state index < -0.39 is 0 Å². The Morgan fingerprint density at radius 2 is 2.09 bits per heavy atom. The van der Waals surface area contributed by atoms with Crippen molar-refractivity contribution in [3.8, 4) is 0 Å². The van der Waals surface area contributed by atoms with E-state index in [1.54, 1.807) is 6.20 Å². The van der Waals surface area contributed by atoms with Crippen molar-refractivity contribution in [2.75, 3.05) is 58.9 Å². The van der Waals surface area contributed by atoms with Crippen LogP contribution in [-0.4, -0.2) is 80.7 Å². The third-order valence-corrected chi connectivity index (χ3v) is 4.37. The quantitative estimate of drug-likeness (QED) is 0.799. The second-order valence-electron chi connectivity index (χ2n) is 6.54. The molecule has 2 fully saturated rings. The highest BCUT2D eigenvalue weighted by atomic mass is 16.5. The van der Waals surface area contributed by atoms with E-state index in [1.807, 2.05) is 36.0 Å². The average molecular weight is 304 g/mol. The van der Waals surface area contributed by atoms with Crippen LogP contribution in [0.5, 0.6) is 0 Å². The summed E-state index contributed by atoms with van der Waals surface area (Å²) < 4.78 is 5.73. The number of ether oxygens (including phenoxy) is 1. The molecular formula is C16H24N4O2. The molecule has 0 unspecified atom stereocenters. The van der Waals surface area contributed by atoms with E-state index in [4.69, 9.17) is 4.74 Å². The van der Waals surface area contributed by atoms with Crippen molar-refractivity contribution in [1.82, 2.24) is 14.8 Å². The molecular weight excluding hydrogens is 280 g/mol. The number of likely N-dealkylation sites (N-methyl/N-ethyl adjacent to an activating group) is 1. The Morgan fingerprint density at radius 3 is 2.77 bits per heavy atom. The van der Waals surface area contributed by atoms with Gasteiger partial charge in [-0.2, -0.15) is 0 Å². The van der Waals surface area contributed by atoms with Gasteiger partial charge in [-0.25, -0.2) is 4.98 Å². The molecule has 6 nitrogen and oxygen atoms in total. The Morgan fingerprint density at radius 1 is 1.27 bits per heavy atom. The molecule has 0 spiro atoms. The first-order chi connectivity index (χ1) is 10.5. The minimum atomic E-state index is 0.0635. The molecule has 2 atom stereocenters. The minimum absolute atomic E-state index is 0.0635. The summed E-state index contributed by atoms with van der Waals surface area (Å²) in [5, 5.41) is 0. The number of anilines is 1. The van der Waals surface area contributed by atoms with E-state index >= 15 is 0 Å². The van der Waals surface area contributed by atoms with Crippen LogP contribution in [0, 0.1) is 5.92 Å². The summed E-state index contributed by atoms with van der Waals surface area (Å²) in [4.78, 5) is 23.4. The van der Waals surface area contributed by atoms with Crippen molar-refractivity contribution in [3.63, 3.8) is 0 Å². The summed E-state index contributed by atoms with van der Waals surface area (Å²) in [5.74, 6) is 1.30. The van der Waals surface area contributed by atoms with Gasteiger partial charge in [0.1, 0.15) is 5.82 Å². The topological polar surface area (TPSA) is 48.9 Å². The van der Waals surface area contributed by atoms with E-state index in [9.17, 15) is 4.79 Å². The van der Waals surface area contributed by atoms with E-state index in [2.05, 4.69) is 16.9 Å². The number of aromatic nitrogens is 1. The van der Waals surface area contributed by atoms with Crippen LogP contribution in [0.1, 0.15) is 10.4 Å². The number of carbonyl (C=O) groups is 1. The first-order valence-corrected chi connectivity index (χ1v) is 7.75. The standard InChI is InChI=1S/C16H24N4O2/c1-18(2)15-5-4-13(6-17-15)16(21)20-8-12-7-19(3)9-14(20)11-22-10-12/h4-6,12,14H,7-11H2,1-3H3/t12-,14-/m0/s1. The van der Waals surface area contributed by atoms with Gasteiger partial charge in [0.05, 0.1) is 24.8 Å². The zero-order valence-corrected chi connectivity index (χ0v) is 13.5. The molecule has 2 aliphatic rings. The van der Waals surface area contributed by atoms with Gasteiger partial charge in [-0.05, 0) is 19.2 Å². The number of hydrogen-bond donors (Lipinski definition) is 0. The lowest BCUT2D eigenvalue weighted by Crippen LogP contribution is -2.46. The number of hydrogen-bond acceptors (Lipinski definition) is 5. The van der Waals surface area contributed by atoms with E-state index in [0.29, 0.717) is 18.1 Å². The predicted octanol–water partition coefficient (Wildman–Crippen LogP) is 0.550. The second kappa shape index (κ2) is 6.22. The minimum Gasteiger partial charge on any atom is -0.379 e. The van der Waals surface area contributed by atoms with Crippen molar-refractivity contribution in [2.24, 2.45) is 5.92 Å². The normalized spacial score (nSPS) is 25.7. The van der Waals surface area contributed by atoms with Crippen LogP contribution >= 0.6 is 0 Å². The largest absolute Gasteiger partial charge is 0.379 e. The second-order valence-corrected chi connectivity index (χ2v) is 6.54. The maximum absolute atomic E-state index is 12.9. The van der Waals surface area contributed by atoms with Crippen LogP contribution in [0.25, 0.3) is 0 Å². The molecule has 2 aliphatic heterocycles. The lowest BCUT2D eigenvalue weighted by atomic mass is 10.1. The molecule has 3 rings (SSSR count). The molecule has 0 aromatic carbocycles. The van der Waals surface area contributed by atoms with Crippen LogP contribution in [-0.2, 0) is 4.74 Å². The molecule has 1 aromatic heterocycles. The SMILES string of the molecule is CN1C[C@@H]2COC[C@H](C1)N(C(=O)c1ccc(N(C)C)nc1)C2. The average Bonchev–Trinajstić information content (AvgIpc) is 2.76. The van der Waals surface area contributed by atoms with Gasteiger partial charge in [0.15, 0.2) is 0 Å². The Hall–Kier alpha value is -1.66. The van der Waals surface area contributed by atoms with Crippen LogP contribution < -0.4 is 4.90 Å². The fraction of sp³-hybridized carbons (Fsp3) is 0.625. The molecule has 0 N–H and O–H groups in total. The van der Waals surface area contributed by atoms with Gasteiger partial charge in [0.25, 0.3) is 5.91 Å². The molecule has 3 heterocycles. The Balaban J connectivity index is 1.81. The van der Waals surface area contributed by atoms with Gasteiger partial charge in [-0.3, -0.25) is 4.79 Å². The number of fused-ring (bicyclic) bond motifs is 3. The van der Waals surface area contributed by atoms with Gasteiger partial charge in [-0.15, -0.1) is 0 Å². The fourth-order valence-corrected chi connectivity index (χ4v) is 3.27. The van der Waals surface area contributed by atoms with Crippen LogP contribution in [0.15, 0.2) is 18.3 Å². The first kappa shape index (κ1) is 15.2. The summed E-state index contributed by atoms with van der Waals surface area (Å²) in [6.07, 6.45) is 1.68. The highest BCUT2D eigenvalue weighted by Gasteiger charge is 2.35. The van der Waals surface area contributed by atoms with Crippen molar-refractivity contribution in [2.45, 2.75) is 6.04 Å². The first-order valence-electron chi connectivity index (χ1n) is 7.75. The number of nitrogens with zero attached hydrogens (tertiary/aromatic N) is 4. The molecule has 0 saturated carbocycles. The van der Waals surface area contributed by atoms with Crippen LogP contribution in [0.3, 0.4) is 0 Å². The van der Waals surface area contributed by atoms with Crippen LogP contribution in [0.2, 0.25) is 0 Å². The maximum atomic E-state index is 12.9. The molecule has 1 aromatic rings. The lowest BCUT2D eigenvalue weighted by molar-refractivity contribution is 0.0483. The maximum Gasteiger partial charge on any atom is 0.255 e. The predicted molar refractivity (Wildman–Crippen MR) is 85.2 cm³/mol. The highest BCUT2D eigenvalue weighted by Crippen LogP contribution is 2.21. The molecule has 22 heavy (non-hydrogen) atoms. The molecule has 6 heteroatoms. The smallest absolute Gasteiger partial charge is 0.255 e. The number of carbonyl (C=O) groups excluding carboxylic acids is 1. The summed E-state index contributed by atoms with van der Waals surface area (Å²) in [7, 11) is 6.00. The van der Waals surface area contributed by atoms with E-state index in [-0.39, 0.29) is 11.9 Å². The lowest BCUT2D eigenvalue weighted by Gasteiger charge is -2.29. The van der Waals surface area contributed by atoms with E-state index in [1.165, 1.54) is 0 Å². The zero-order valence-electron chi connectivity index (χ0n) is 13.5. The molecule has 1 amide bonds. The summed E-state index contributed by atoms with van der Waals surface area (Å²) in [6, 6.07) is 3.88. The molecule has 2 bridgehead atoms. The van der Waals surface area contributed by atoms with Crippen molar-refractivity contribution < 1.29 is 9.53 Å². The van der Waals surface area contributed by atoms with Gasteiger partial charge < -0.3 is 19.4 Å². The number of amides is 1. The van der Waals surface area contributed by atoms with Crippen molar-refractivity contribution in [3.05, 3.63) is 23.9 Å². The van der Waals surface area contributed by atoms with Gasteiger partial charge in [0.2, 0.25) is 0 Å². The van der Waals surface area contributed by atoms with Gasteiger partial charge in [-0.1, -0.05) is 0 Å². The Kier molecular flexibility index (Phi) is 4.31. The van der Waals surface area contributed by atoms with E-state index in [0.717, 1.165) is 32.1 Å². The molecule has 0 aliphatic carbocycles. The molecule has 0 radical (unpaired) electrons. The number of rotatable bonds is 2. The fourth-order valence-electron chi connectivity index (χ4n) is 3.27. The Labute approximate surface area is 131 Å².